The first kappa shape index (κ1) is 19.6. The molecule has 1 heterocycles. The summed E-state index contributed by atoms with van der Waals surface area (Å²) in [6, 6.07) is 0. The number of esters is 1. The molecule has 1 atom stereocenters. The van der Waals surface area contributed by atoms with E-state index in [1.54, 1.807) is 13.8 Å². The molecule has 0 radical (unpaired) electrons. The van der Waals surface area contributed by atoms with Gasteiger partial charge >= 0.3 is 18.2 Å². The van der Waals surface area contributed by atoms with E-state index in [1.165, 1.54) is 4.90 Å². The van der Waals surface area contributed by atoms with Crippen molar-refractivity contribution >= 4 is 12.1 Å². The summed E-state index contributed by atoms with van der Waals surface area (Å²) < 4.78 is 47.0. The Bertz CT molecular complexity index is 429. The summed E-state index contributed by atoms with van der Waals surface area (Å²) in [4.78, 5) is 25.2. The van der Waals surface area contributed by atoms with Gasteiger partial charge in [0.15, 0.2) is 6.10 Å². The number of alkyl halides is 3. The molecule has 1 aliphatic rings. The summed E-state index contributed by atoms with van der Waals surface area (Å²) in [6.45, 7) is 6.83. The first-order valence-electron chi connectivity index (χ1n) is 7.71. The number of amides is 1. The smallest absolute Gasteiger partial charge is 0.425 e. The fourth-order valence-corrected chi connectivity index (χ4v) is 2.01. The zero-order valence-corrected chi connectivity index (χ0v) is 13.9. The summed E-state index contributed by atoms with van der Waals surface area (Å²) in [5.74, 6) is -1.49. The van der Waals surface area contributed by atoms with E-state index in [0.29, 0.717) is 6.42 Å². The van der Waals surface area contributed by atoms with Crippen molar-refractivity contribution in [3.05, 3.63) is 0 Å². The van der Waals surface area contributed by atoms with Crippen LogP contribution in [-0.2, 0) is 14.3 Å². The average molecular weight is 339 g/mol. The zero-order chi connectivity index (χ0) is 17.8. The predicted octanol–water partition coefficient (Wildman–Crippen LogP) is 3.52. The molecule has 0 aliphatic carbocycles. The maximum atomic E-state index is 12.4. The monoisotopic (exact) mass is 339 g/mol. The normalized spacial score (nSPS) is 18.5. The molecule has 1 unspecified atom stereocenters. The molecule has 0 spiro atoms. The third-order valence-electron chi connectivity index (χ3n) is 4.06. The summed E-state index contributed by atoms with van der Waals surface area (Å²) >= 11 is 0. The van der Waals surface area contributed by atoms with Gasteiger partial charge in [-0.1, -0.05) is 6.92 Å². The Morgan fingerprint density at radius 1 is 1.22 bits per heavy atom. The van der Waals surface area contributed by atoms with E-state index in [-0.39, 0.29) is 25.9 Å². The highest BCUT2D eigenvalue weighted by atomic mass is 19.4. The van der Waals surface area contributed by atoms with Crippen molar-refractivity contribution in [2.45, 2.75) is 64.8 Å². The Labute approximate surface area is 134 Å². The van der Waals surface area contributed by atoms with Crippen LogP contribution in [0.4, 0.5) is 18.0 Å². The number of piperidine rings is 1. The highest BCUT2D eigenvalue weighted by Gasteiger charge is 2.41. The standard InChI is InChI=1S/C15H24F3NO4/c1-5-14(3,4)23-13(21)19-8-6-11(7-9-19)12(20)22-10(2)15(16,17)18/h10-11H,5-9H2,1-4H3. The van der Waals surface area contributed by atoms with Gasteiger partial charge in [-0.15, -0.1) is 0 Å². The van der Waals surface area contributed by atoms with Crippen molar-refractivity contribution in [2.24, 2.45) is 5.92 Å². The summed E-state index contributed by atoms with van der Waals surface area (Å²) in [5, 5.41) is 0. The van der Waals surface area contributed by atoms with Crippen molar-refractivity contribution in [1.29, 1.82) is 0 Å². The second-order valence-corrected chi connectivity index (χ2v) is 6.36. The third-order valence-corrected chi connectivity index (χ3v) is 4.06. The topological polar surface area (TPSA) is 55.8 Å². The lowest BCUT2D eigenvalue weighted by molar-refractivity contribution is -0.219. The lowest BCUT2D eigenvalue weighted by Crippen LogP contribution is -2.44. The molecule has 5 nitrogen and oxygen atoms in total. The zero-order valence-electron chi connectivity index (χ0n) is 13.9. The Kier molecular flexibility index (Phi) is 6.30. The summed E-state index contributed by atoms with van der Waals surface area (Å²) in [6.07, 6.45) is -5.95. The Hall–Kier alpha value is -1.47. The molecule has 1 saturated heterocycles. The lowest BCUT2D eigenvalue weighted by Gasteiger charge is -2.33. The molecule has 23 heavy (non-hydrogen) atoms. The van der Waals surface area contributed by atoms with Crippen LogP contribution in [-0.4, -0.2) is 47.9 Å². The van der Waals surface area contributed by atoms with Crippen LogP contribution >= 0.6 is 0 Å². The van der Waals surface area contributed by atoms with Crippen molar-refractivity contribution in [3.63, 3.8) is 0 Å². The molecule has 1 amide bonds. The van der Waals surface area contributed by atoms with Gasteiger partial charge in [0, 0.05) is 13.1 Å². The fraction of sp³-hybridized carbons (Fsp3) is 0.867. The molecular formula is C15H24F3NO4. The minimum Gasteiger partial charge on any atom is -0.453 e. The van der Waals surface area contributed by atoms with E-state index in [4.69, 9.17) is 4.74 Å². The van der Waals surface area contributed by atoms with Crippen LogP contribution in [0.15, 0.2) is 0 Å². The molecule has 1 fully saturated rings. The first-order chi connectivity index (χ1) is 10.5. The second-order valence-electron chi connectivity index (χ2n) is 6.36. The van der Waals surface area contributed by atoms with Crippen LogP contribution in [0, 0.1) is 5.92 Å². The van der Waals surface area contributed by atoms with Gasteiger partial charge in [0.05, 0.1) is 5.92 Å². The Balaban J connectivity index is 2.46. The third kappa shape index (κ3) is 5.91. The van der Waals surface area contributed by atoms with E-state index >= 15 is 0 Å². The molecule has 1 rings (SSSR count). The van der Waals surface area contributed by atoms with Gasteiger partial charge in [0.1, 0.15) is 5.60 Å². The Morgan fingerprint density at radius 3 is 2.17 bits per heavy atom. The van der Waals surface area contributed by atoms with Crippen LogP contribution in [0.25, 0.3) is 0 Å². The Morgan fingerprint density at radius 2 is 1.74 bits per heavy atom. The van der Waals surface area contributed by atoms with E-state index in [0.717, 1.165) is 6.92 Å². The SMILES string of the molecule is CCC(C)(C)OC(=O)N1CCC(C(=O)OC(C)C(F)(F)F)CC1. The molecule has 0 bridgehead atoms. The number of likely N-dealkylation sites (tertiary alicyclic amines) is 1. The quantitative estimate of drug-likeness (QED) is 0.736. The maximum Gasteiger partial charge on any atom is 0.425 e. The minimum absolute atomic E-state index is 0.263. The number of halogens is 3. The fourth-order valence-electron chi connectivity index (χ4n) is 2.01. The predicted molar refractivity (Wildman–Crippen MR) is 76.8 cm³/mol. The maximum absolute atomic E-state index is 12.4. The molecule has 8 heteroatoms. The van der Waals surface area contributed by atoms with Crippen molar-refractivity contribution in [1.82, 2.24) is 4.90 Å². The van der Waals surface area contributed by atoms with Crippen molar-refractivity contribution in [3.8, 4) is 0 Å². The van der Waals surface area contributed by atoms with Gasteiger partial charge in [0.2, 0.25) is 0 Å². The largest absolute Gasteiger partial charge is 0.453 e. The van der Waals surface area contributed by atoms with Crippen LogP contribution in [0.5, 0.6) is 0 Å². The molecule has 0 aromatic rings. The average Bonchev–Trinajstić information content (AvgIpc) is 2.45. The van der Waals surface area contributed by atoms with Crippen molar-refractivity contribution < 1.29 is 32.2 Å². The highest BCUT2D eigenvalue weighted by molar-refractivity contribution is 5.74. The second kappa shape index (κ2) is 7.40. The van der Waals surface area contributed by atoms with E-state index < -0.39 is 35.9 Å². The molecule has 0 N–H and O–H groups in total. The van der Waals surface area contributed by atoms with Crippen molar-refractivity contribution in [2.75, 3.05) is 13.1 Å². The molecule has 1 aliphatic heterocycles. The van der Waals surface area contributed by atoms with Gasteiger partial charge in [-0.25, -0.2) is 4.79 Å². The van der Waals surface area contributed by atoms with Crippen LogP contribution in [0.1, 0.15) is 47.0 Å². The van der Waals surface area contributed by atoms with Gasteiger partial charge in [-0.2, -0.15) is 13.2 Å². The minimum atomic E-state index is -4.56. The van der Waals surface area contributed by atoms with Gasteiger partial charge in [-0.3, -0.25) is 4.79 Å². The van der Waals surface area contributed by atoms with Gasteiger partial charge in [-0.05, 0) is 40.0 Å². The molecular weight excluding hydrogens is 315 g/mol. The number of nitrogens with zero attached hydrogens (tertiary/aromatic N) is 1. The highest BCUT2D eigenvalue weighted by Crippen LogP contribution is 2.26. The van der Waals surface area contributed by atoms with Crippen LogP contribution < -0.4 is 0 Å². The molecule has 0 saturated carbocycles. The van der Waals surface area contributed by atoms with Gasteiger partial charge < -0.3 is 14.4 Å². The number of hydrogen-bond acceptors (Lipinski definition) is 4. The molecule has 0 aromatic heterocycles. The number of carbonyl (C=O) groups excluding carboxylic acids is 2. The van der Waals surface area contributed by atoms with Gasteiger partial charge in [0.25, 0.3) is 0 Å². The lowest BCUT2D eigenvalue weighted by atomic mass is 9.97. The number of ether oxygens (including phenoxy) is 2. The van der Waals surface area contributed by atoms with E-state index in [9.17, 15) is 22.8 Å². The van der Waals surface area contributed by atoms with E-state index in [1.807, 2.05) is 6.92 Å². The number of carbonyl (C=O) groups is 2. The first-order valence-corrected chi connectivity index (χ1v) is 7.71. The number of hydrogen-bond donors (Lipinski definition) is 0. The summed E-state index contributed by atoms with van der Waals surface area (Å²) in [7, 11) is 0. The molecule has 134 valence electrons. The van der Waals surface area contributed by atoms with Crippen LogP contribution in [0.2, 0.25) is 0 Å². The van der Waals surface area contributed by atoms with Crippen LogP contribution in [0.3, 0.4) is 0 Å². The molecule has 0 aromatic carbocycles. The van der Waals surface area contributed by atoms with E-state index in [2.05, 4.69) is 4.74 Å². The summed E-state index contributed by atoms with van der Waals surface area (Å²) in [5.41, 5.74) is -0.574. The number of rotatable bonds is 4.